The summed E-state index contributed by atoms with van der Waals surface area (Å²) in [7, 11) is 2.04. The van der Waals surface area contributed by atoms with E-state index in [4.69, 9.17) is 9.15 Å². The number of ether oxygens (including phenoxy) is 1. The van der Waals surface area contributed by atoms with Crippen LogP contribution in [0.4, 0.5) is 0 Å². The van der Waals surface area contributed by atoms with Crippen LogP contribution in [0.5, 0.6) is 5.75 Å². The summed E-state index contributed by atoms with van der Waals surface area (Å²) < 4.78 is 11.0. The molecule has 1 atom stereocenters. The van der Waals surface area contributed by atoms with Crippen molar-refractivity contribution in [3.05, 3.63) is 78.3 Å². The molecule has 3 rings (SSSR count). The predicted molar refractivity (Wildman–Crippen MR) is 105 cm³/mol. The average molecular weight is 380 g/mol. The lowest BCUT2D eigenvalue weighted by Gasteiger charge is -2.18. The molecule has 0 aliphatic rings. The lowest BCUT2D eigenvalue weighted by atomic mass is 10.2. The Balaban J connectivity index is 1.49. The molecule has 7 nitrogen and oxygen atoms in total. The summed E-state index contributed by atoms with van der Waals surface area (Å²) in [4.78, 5) is 22.5. The zero-order valence-corrected chi connectivity index (χ0v) is 16.0. The number of rotatable bonds is 9. The summed E-state index contributed by atoms with van der Waals surface area (Å²) in [6.07, 6.45) is 6.44. The van der Waals surface area contributed by atoms with Crippen molar-refractivity contribution in [2.24, 2.45) is 0 Å². The van der Waals surface area contributed by atoms with Gasteiger partial charge in [0.2, 0.25) is 0 Å². The zero-order chi connectivity index (χ0) is 19.8. The van der Waals surface area contributed by atoms with Crippen molar-refractivity contribution in [2.45, 2.75) is 26.1 Å². The van der Waals surface area contributed by atoms with Gasteiger partial charge in [-0.15, -0.1) is 0 Å². The van der Waals surface area contributed by atoms with Crippen LogP contribution in [-0.2, 0) is 13.1 Å². The van der Waals surface area contributed by atoms with Gasteiger partial charge in [0.25, 0.3) is 5.91 Å². The molecule has 1 unspecified atom stereocenters. The van der Waals surface area contributed by atoms with Gasteiger partial charge in [0, 0.05) is 31.7 Å². The minimum Gasteiger partial charge on any atom is -0.489 e. The topological polar surface area (TPSA) is 80.5 Å². The highest BCUT2D eigenvalue weighted by Crippen LogP contribution is 2.16. The van der Waals surface area contributed by atoms with E-state index >= 15 is 0 Å². The van der Waals surface area contributed by atoms with Crippen molar-refractivity contribution in [2.75, 3.05) is 13.6 Å². The number of carbonyl (C=O) groups is 1. The summed E-state index contributed by atoms with van der Waals surface area (Å²) in [6, 6.07) is 11.3. The van der Waals surface area contributed by atoms with Crippen molar-refractivity contribution in [3.8, 4) is 5.75 Å². The van der Waals surface area contributed by atoms with Crippen LogP contribution in [0, 0.1) is 0 Å². The molecule has 0 aliphatic carbocycles. The first-order chi connectivity index (χ1) is 13.6. The van der Waals surface area contributed by atoms with Crippen molar-refractivity contribution >= 4 is 5.91 Å². The van der Waals surface area contributed by atoms with E-state index in [0.717, 1.165) is 23.6 Å². The van der Waals surface area contributed by atoms with E-state index < -0.39 is 0 Å². The second kappa shape index (κ2) is 9.66. The normalized spacial score (nSPS) is 12.0. The van der Waals surface area contributed by atoms with Crippen molar-refractivity contribution in [1.82, 2.24) is 20.2 Å². The number of nitrogens with zero attached hydrogens (tertiary/aromatic N) is 3. The van der Waals surface area contributed by atoms with Gasteiger partial charge >= 0.3 is 0 Å². The van der Waals surface area contributed by atoms with Crippen LogP contribution < -0.4 is 10.1 Å². The SMILES string of the molecule is CC(CNC(=O)c1ccco1)Oc1cccc(CN(C)Cc2cnccn2)c1. The molecule has 7 heteroatoms. The minimum atomic E-state index is -0.250. The molecule has 0 radical (unpaired) electrons. The molecule has 0 saturated heterocycles. The summed E-state index contributed by atoms with van der Waals surface area (Å²) in [5, 5.41) is 2.80. The predicted octanol–water partition coefficient (Wildman–Crippen LogP) is 2.90. The van der Waals surface area contributed by atoms with Gasteiger partial charge in [-0.1, -0.05) is 12.1 Å². The van der Waals surface area contributed by atoms with Gasteiger partial charge in [-0.3, -0.25) is 19.7 Å². The van der Waals surface area contributed by atoms with Crippen LogP contribution >= 0.6 is 0 Å². The summed E-state index contributed by atoms with van der Waals surface area (Å²) in [5.41, 5.74) is 2.06. The third-order valence-corrected chi connectivity index (χ3v) is 4.03. The molecule has 0 bridgehead atoms. The molecule has 2 heterocycles. The summed E-state index contributed by atoms with van der Waals surface area (Å²) in [5.74, 6) is 0.810. The van der Waals surface area contributed by atoms with E-state index in [1.165, 1.54) is 6.26 Å². The standard InChI is InChI=1S/C21H24N4O3/c1-16(12-24-21(26)20-7-4-10-27-20)28-19-6-3-5-17(11-19)14-25(2)15-18-13-22-8-9-23-18/h3-11,13,16H,12,14-15H2,1-2H3,(H,24,26). The molecule has 1 aromatic carbocycles. The van der Waals surface area contributed by atoms with Gasteiger partial charge in [0.15, 0.2) is 5.76 Å². The third kappa shape index (κ3) is 5.92. The number of hydrogen-bond donors (Lipinski definition) is 1. The molecule has 1 amide bonds. The first-order valence-electron chi connectivity index (χ1n) is 9.11. The van der Waals surface area contributed by atoms with Crippen LogP contribution in [0.2, 0.25) is 0 Å². The quantitative estimate of drug-likeness (QED) is 0.615. The van der Waals surface area contributed by atoms with Crippen LogP contribution in [0.25, 0.3) is 0 Å². The third-order valence-electron chi connectivity index (χ3n) is 4.03. The van der Waals surface area contributed by atoms with E-state index in [1.54, 1.807) is 30.7 Å². The molecule has 146 valence electrons. The maximum absolute atomic E-state index is 11.9. The Labute approximate surface area is 164 Å². The summed E-state index contributed by atoms with van der Waals surface area (Å²) in [6.45, 7) is 3.77. The Morgan fingerprint density at radius 1 is 1.25 bits per heavy atom. The van der Waals surface area contributed by atoms with Crippen LogP contribution in [-0.4, -0.2) is 40.5 Å². The first kappa shape index (κ1) is 19.6. The van der Waals surface area contributed by atoms with E-state index in [2.05, 4.69) is 26.3 Å². The molecule has 28 heavy (non-hydrogen) atoms. The second-order valence-corrected chi connectivity index (χ2v) is 6.63. The van der Waals surface area contributed by atoms with E-state index in [1.807, 2.05) is 32.2 Å². The van der Waals surface area contributed by atoms with Gasteiger partial charge in [-0.25, -0.2) is 0 Å². The van der Waals surface area contributed by atoms with Crippen molar-refractivity contribution in [3.63, 3.8) is 0 Å². The fourth-order valence-electron chi connectivity index (χ4n) is 2.78. The fourth-order valence-corrected chi connectivity index (χ4v) is 2.78. The minimum absolute atomic E-state index is 0.175. The number of furan rings is 1. The number of hydrogen-bond acceptors (Lipinski definition) is 6. The molecule has 0 fully saturated rings. The molecule has 0 aliphatic heterocycles. The monoisotopic (exact) mass is 380 g/mol. The zero-order valence-electron chi connectivity index (χ0n) is 16.0. The average Bonchev–Trinajstić information content (AvgIpc) is 3.22. The largest absolute Gasteiger partial charge is 0.489 e. The van der Waals surface area contributed by atoms with Gasteiger partial charge in [0.05, 0.1) is 18.5 Å². The van der Waals surface area contributed by atoms with Gasteiger partial charge in [-0.05, 0) is 43.8 Å². The van der Waals surface area contributed by atoms with Crippen molar-refractivity contribution < 1.29 is 13.9 Å². The van der Waals surface area contributed by atoms with E-state index in [9.17, 15) is 4.79 Å². The van der Waals surface area contributed by atoms with Crippen LogP contribution in [0.3, 0.4) is 0 Å². The van der Waals surface area contributed by atoms with Crippen LogP contribution in [0.15, 0.2) is 65.7 Å². The Morgan fingerprint density at radius 2 is 2.14 bits per heavy atom. The molecule has 0 spiro atoms. The van der Waals surface area contributed by atoms with E-state index in [0.29, 0.717) is 18.8 Å². The second-order valence-electron chi connectivity index (χ2n) is 6.63. The molecule has 1 N–H and O–H groups in total. The number of benzene rings is 1. The number of aromatic nitrogens is 2. The first-order valence-corrected chi connectivity index (χ1v) is 9.11. The molecule has 3 aromatic rings. The maximum atomic E-state index is 11.9. The molecular weight excluding hydrogens is 356 g/mol. The Morgan fingerprint density at radius 3 is 2.89 bits per heavy atom. The number of amides is 1. The van der Waals surface area contributed by atoms with E-state index in [-0.39, 0.29) is 12.0 Å². The lowest BCUT2D eigenvalue weighted by Crippen LogP contribution is -2.33. The Bertz CT molecular complexity index is 868. The van der Waals surface area contributed by atoms with Gasteiger partial charge in [-0.2, -0.15) is 0 Å². The lowest BCUT2D eigenvalue weighted by molar-refractivity contribution is 0.0904. The maximum Gasteiger partial charge on any atom is 0.287 e. The highest BCUT2D eigenvalue weighted by Gasteiger charge is 2.11. The van der Waals surface area contributed by atoms with Gasteiger partial charge < -0.3 is 14.5 Å². The molecular formula is C21H24N4O3. The fraction of sp³-hybridized carbons (Fsp3) is 0.286. The Hall–Kier alpha value is -3.19. The van der Waals surface area contributed by atoms with Crippen molar-refractivity contribution in [1.29, 1.82) is 0 Å². The Kier molecular flexibility index (Phi) is 6.75. The molecule has 0 saturated carbocycles. The molecule has 2 aromatic heterocycles. The highest BCUT2D eigenvalue weighted by atomic mass is 16.5. The summed E-state index contributed by atoms with van der Waals surface area (Å²) >= 11 is 0. The number of carbonyl (C=O) groups excluding carboxylic acids is 1. The smallest absolute Gasteiger partial charge is 0.287 e. The van der Waals surface area contributed by atoms with Gasteiger partial charge in [0.1, 0.15) is 11.9 Å². The number of nitrogens with one attached hydrogen (secondary N) is 1. The van der Waals surface area contributed by atoms with Crippen LogP contribution in [0.1, 0.15) is 28.7 Å². The highest BCUT2D eigenvalue weighted by molar-refractivity contribution is 5.91.